The molecule has 3 N–H and O–H groups in total. The molecule has 0 aromatic heterocycles. The summed E-state index contributed by atoms with van der Waals surface area (Å²) in [5.74, 6) is -0.716. The van der Waals surface area contributed by atoms with Crippen LogP contribution in [0.2, 0.25) is 0 Å². The first kappa shape index (κ1) is 15.2. The molecule has 1 saturated heterocycles. The molecule has 1 aliphatic heterocycles. The smallest absolute Gasteiger partial charge is 0.243 e. The molecule has 0 spiro atoms. The fraction of sp³-hybridized carbons (Fsp3) is 0.538. The molecule has 0 aliphatic carbocycles. The maximum Gasteiger partial charge on any atom is 0.243 e. The lowest BCUT2D eigenvalue weighted by atomic mass is 10.1. The number of hydrogen-bond acceptors (Lipinski definition) is 4. The van der Waals surface area contributed by atoms with E-state index in [0.29, 0.717) is 6.54 Å². The van der Waals surface area contributed by atoms with E-state index >= 15 is 0 Å². The van der Waals surface area contributed by atoms with Gasteiger partial charge in [0.25, 0.3) is 0 Å². The van der Waals surface area contributed by atoms with Crippen molar-refractivity contribution in [3.05, 3.63) is 24.0 Å². The van der Waals surface area contributed by atoms with E-state index < -0.39 is 15.8 Å². The second-order valence-electron chi connectivity index (χ2n) is 5.01. The topological polar surface area (TPSA) is 75.4 Å². The number of likely N-dealkylation sites (tertiary alicyclic amines) is 1. The van der Waals surface area contributed by atoms with E-state index in [9.17, 15) is 12.8 Å². The van der Waals surface area contributed by atoms with Crippen LogP contribution in [0, 0.1) is 5.82 Å². The summed E-state index contributed by atoms with van der Waals surface area (Å²) in [5.41, 5.74) is 5.19. The molecule has 1 unspecified atom stereocenters. The summed E-state index contributed by atoms with van der Waals surface area (Å²) in [6.45, 7) is 4.59. The molecule has 1 fully saturated rings. The van der Waals surface area contributed by atoms with Crippen molar-refractivity contribution in [3.63, 3.8) is 0 Å². The Bertz CT molecular complexity index is 577. The number of hydrogen-bond donors (Lipinski definition) is 2. The van der Waals surface area contributed by atoms with E-state index in [4.69, 9.17) is 5.73 Å². The van der Waals surface area contributed by atoms with E-state index in [1.54, 1.807) is 0 Å². The van der Waals surface area contributed by atoms with E-state index in [1.807, 2.05) is 6.92 Å². The zero-order valence-corrected chi connectivity index (χ0v) is 12.3. The number of likely N-dealkylation sites (N-methyl/N-ethyl adjacent to an activating group) is 1. The predicted octanol–water partition coefficient (Wildman–Crippen LogP) is 1.17. The van der Waals surface area contributed by atoms with Crippen molar-refractivity contribution in [2.75, 3.05) is 25.4 Å². The van der Waals surface area contributed by atoms with Crippen LogP contribution in [0.5, 0.6) is 0 Å². The van der Waals surface area contributed by atoms with Gasteiger partial charge in [0.2, 0.25) is 10.0 Å². The van der Waals surface area contributed by atoms with Crippen molar-refractivity contribution in [2.45, 2.75) is 30.7 Å². The Hall–Kier alpha value is -1.18. The first-order valence-electron chi connectivity index (χ1n) is 6.72. The van der Waals surface area contributed by atoms with Crippen LogP contribution in [0.3, 0.4) is 0 Å². The number of nitrogens with two attached hydrogens (primary N) is 1. The maximum atomic E-state index is 13.4. The molecule has 0 radical (unpaired) electrons. The average molecular weight is 301 g/mol. The summed E-state index contributed by atoms with van der Waals surface area (Å²) in [7, 11) is -3.79. The number of halogens is 1. The SMILES string of the molecule is CCN1CCCC(NS(=O)(=O)c2cccc(F)c2N)C1. The second-order valence-corrected chi connectivity index (χ2v) is 6.69. The quantitative estimate of drug-likeness (QED) is 0.819. The largest absolute Gasteiger partial charge is 0.395 e. The molecule has 7 heteroatoms. The Kier molecular flexibility index (Phi) is 4.62. The highest BCUT2D eigenvalue weighted by Crippen LogP contribution is 2.22. The van der Waals surface area contributed by atoms with Gasteiger partial charge in [0, 0.05) is 12.6 Å². The van der Waals surface area contributed by atoms with Gasteiger partial charge in [0.1, 0.15) is 10.7 Å². The molecular formula is C13H20FN3O2S. The van der Waals surface area contributed by atoms with Gasteiger partial charge in [-0.1, -0.05) is 13.0 Å². The van der Waals surface area contributed by atoms with Gasteiger partial charge in [-0.15, -0.1) is 0 Å². The molecule has 0 bridgehead atoms. The third-order valence-corrected chi connectivity index (χ3v) is 5.16. The number of sulfonamides is 1. The number of para-hydroxylation sites is 1. The molecule has 1 aromatic carbocycles. The van der Waals surface area contributed by atoms with Gasteiger partial charge in [-0.2, -0.15) is 0 Å². The molecule has 5 nitrogen and oxygen atoms in total. The lowest BCUT2D eigenvalue weighted by Gasteiger charge is -2.32. The number of piperidine rings is 1. The average Bonchev–Trinajstić information content (AvgIpc) is 2.41. The Labute approximate surface area is 119 Å². The summed E-state index contributed by atoms with van der Waals surface area (Å²) >= 11 is 0. The lowest BCUT2D eigenvalue weighted by Crippen LogP contribution is -2.47. The zero-order chi connectivity index (χ0) is 14.8. The van der Waals surface area contributed by atoms with Crippen molar-refractivity contribution in [3.8, 4) is 0 Å². The standard InChI is InChI=1S/C13H20FN3O2S/c1-2-17-8-4-5-10(9-17)16-20(18,19)12-7-3-6-11(14)13(12)15/h3,6-7,10,16H,2,4-5,8-9,15H2,1H3. The van der Waals surface area contributed by atoms with Gasteiger partial charge in [0.05, 0.1) is 5.69 Å². The highest BCUT2D eigenvalue weighted by Gasteiger charge is 2.26. The van der Waals surface area contributed by atoms with Crippen LogP contribution in [-0.4, -0.2) is 39.0 Å². The molecule has 0 saturated carbocycles. The van der Waals surface area contributed by atoms with Crippen LogP contribution < -0.4 is 10.5 Å². The van der Waals surface area contributed by atoms with E-state index in [1.165, 1.54) is 12.1 Å². The minimum Gasteiger partial charge on any atom is -0.395 e. The summed E-state index contributed by atoms with van der Waals surface area (Å²) in [4.78, 5) is 2.00. The van der Waals surface area contributed by atoms with Gasteiger partial charge in [-0.3, -0.25) is 0 Å². The number of anilines is 1. The molecule has 2 rings (SSSR count). The third-order valence-electron chi connectivity index (χ3n) is 3.58. The van der Waals surface area contributed by atoms with Gasteiger partial charge in [-0.25, -0.2) is 17.5 Å². The van der Waals surface area contributed by atoms with Crippen LogP contribution in [-0.2, 0) is 10.0 Å². The Balaban J connectivity index is 2.17. The molecule has 112 valence electrons. The molecular weight excluding hydrogens is 281 g/mol. The highest BCUT2D eigenvalue weighted by molar-refractivity contribution is 7.89. The van der Waals surface area contributed by atoms with E-state index in [2.05, 4.69) is 9.62 Å². The van der Waals surface area contributed by atoms with Gasteiger partial charge >= 0.3 is 0 Å². The van der Waals surface area contributed by atoms with Crippen LogP contribution in [0.1, 0.15) is 19.8 Å². The molecule has 1 atom stereocenters. The normalized spacial score (nSPS) is 21.0. The molecule has 1 aliphatic rings. The molecule has 1 aromatic rings. The van der Waals surface area contributed by atoms with Crippen molar-refractivity contribution in [1.29, 1.82) is 0 Å². The van der Waals surface area contributed by atoms with Crippen LogP contribution in [0.15, 0.2) is 23.1 Å². The molecule has 1 heterocycles. The number of nitrogens with zero attached hydrogens (tertiary/aromatic N) is 1. The summed E-state index contributed by atoms with van der Waals surface area (Å²) in [6.07, 6.45) is 1.73. The Morgan fingerprint density at radius 1 is 1.50 bits per heavy atom. The molecule has 20 heavy (non-hydrogen) atoms. The fourth-order valence-electron chi connectivity index (χ4n) is 2.47. The van der Waals surface area contributed by atoms with Crippen molar-refractivity contribution >= 4 is 15.7 Å². The van der Waals surface area contributed by atoms with Crippen molar-refractivity contribution in [1.82, 2.24) is 9.62 Å². The van der Waals surface area contributed by atoms with Gasteiger partial charge in [-0.05, 0) is 38.1 Å². The second kappa shape index (κ2) is 6.07. The van der Waals surface area contributed by atoms with Crippen LogP contribution >= 0.6 is 0 Å². The first-order chi connectivity index (χ1) is 9.44. The molecule has 0 amide bonds. The zero-order valence-electron chi connectivity index (χ0n) is 11.5. The maximum absolute atomic E-state index is 13.4. The lowest BCUT2D eigenvalue weighted by molar-refractivity contribution is 0.211. The van der Waals surface area contributed by atoms with Gasteiger partial charge in [0.15, 0.2) is 0 Å². The third kappa shape index (κ3) is 3.28. The summed E-state index contributed by atoms with van der Waals surface area (Å²) < 4.78 is 40.6. The highest BCUT2D eigenvalue weighted by atomic mass is 32.2. The first-order valence-corrected chi connectivity index (χ1v) is 8.21. The van der Waals surface area contributed by atoms with Crippen molar-refractivity contribution < 1.29 is 12.8 Å². The summed E-state index contributed by atoms with van der Waals surface area (Å²) in [5, 5.41) is 0. The minimum absolute atomic E-state index is 0.156. The Morgan fingerprint density at radius 2 is 2.25 bits per heavy atom. The van der Waals surface area contributed by atoms with Crippen LogP contribution in [0.4, 0.5) is 10.1 Å². The van der Waals surface area contributed by atoms with E-state index in [0.717, 1.165) is 32.0 Å². The van der Waals surface area contributed by atoms with Crippen molar-refractivity contribution in [2.24, 2.45) is 0 Å². The number of benzene rings is 1. The fourth-order valence-corrected chi connectivity index (χ4v) is 3.88. The minimum atomic E-state index is -3.79. The predicted molar refractivity (Wildman–Crippen MR) is 76.3 cm³/mol. The number of nitrogen functional groups attached to an aromatic ring is 1. The van der Waals surface area contributed by atoms with E-state index in [-0.39, 0.29) is 16.6 Å². The Morgan fingerprint density at radius 3 is 2.95 bits per heavy atom. The monoisotopic (exact) mass is 301 g/mol. The van der Waals surface area contributed by atoms with Crippen LogP contribution in [0.25, 0.3) is 0 Å². The summed E-state index contributed by atoms with van der Waals surface area (Å²) in [6, 6.07) is 3.66. The number of rotatable bonds is 4. The number of nitrogens with one attached hydrogen (secondary N) is 1. The van der Waals surface area contributed by atoms with Gasteiger partial charge < -0.3 is 10.6 Å².